The second-order valence-corrected chi connectivity index (χ2v) is 8.97. The van der Waals surface area contributed by atoms with E-state index in [1.165, 1.54) is 0 Å². The minimum Gasteiger partial charge on any atom is -0.366 e. The van der Waals surface area contributed by atoms with Gasteiger partial charge in [0.25, 0.3) is 0 Å². The normalized spacial score (nSPS) is 14.0. The van der Waals surface area contributed by atoms with E-state index in [1.54, 1.807) is 18.1 Å². The Hall–Kier alpha value is -2.75. The fraction of sp³-hybridized carbons (Fsp3) is 0.292. The molecule has 0 saturated carbocycles. The standard InChI is InChI=1S/C24H24ClN5S/c1-15-4-7-22(18(10-15)12-26)30-9-8-21-19(13-30)24(28-14-27-21)29-16(2)17-5-6-20(25)23(11-17)31-3/h4-7,10-11,14,16H,8-9,13H2,1-3H3,(H,27,28,29)/t16-/m1/s1. The topological polar surface area (TPSA) is 64.8 Å². The number of nitriles is 1. The van der Waals surface area contributed by atoms with Gasteiger partial charge in [-0.05, 0) is 55.5 Å². The number of hydrogen-bond acceptors (Lipinski definition) is 6. The van der Waals surface area contributed by atoms with Crippen LogP contribution in [0.1, 0.15) is 40.9 Å². The molecule has 2 aromatic carbocycles. The van der Waals surface area contributed by atoms with Gasteiger partial charge in [0.05, 0.1) is 22.0 Å². The number of hydrogen-bond donors (Lipinski definition) is 1. The van der Waals surface area contributed by atoms with Crippen molar-refractivity contribution < 1.29 is 0 Å². The summed E-state index contributed by atoms with van der Waals surface area (Å²) < 4.78 is 0. The molecule has 7 heteroatoms. The maximum Gasteiger partial charge on any atom is 0.135 e. The third-order valence-electron chi connectivity index (χ3n) is 5.64. The molecule has 0 unspecified atom stereocenters. The van der Waals surface area contributed by atoms with Gasteiger partial charge in [0.2, 0.25) is 0 Å². The molecule has 0 saturated heterocycles. The van der Waals surface area contributed by atoms with Gasteiger partial charge in [0, 0.05) is 36.0 Å². The van der Waals surface area contributed by atoms with Gasteiger partial charge < -0.3 is 10.2 Å². The Morgan fingerprint density at radius 2 is 2.06 bits per heavy atom. The molecular formula is C24H24ClN5S. The van der Waals surface area contributed by atoms with Gasteiger partial charge in [-0.1, -0.05) is 23.7 Å². The lowest BCUT2D eigenvalue weighted by molar-refractivity contribution is 0.702. The van der Waals surface area contributed by atoms with Crippen LogP contribution in [0.15, 0.2) is 47.6 Å². The van der Waals surface area contributed by atoms with Crippen LogP contribution in [0.25, 0.3) is 0 Å². The largest absolute Gasteiger partial charge is 0.366 e. The zero-order valence-corrected chi connectivity index (χ0v) is 19.4. The van der Waals surface area contributed by atoms with Gasteiger partial charge in [-0.15, -0.1) is 11.8 Å². The van der Waals surface area contributed by atoms with Crippen LogP contribution < -0.4 is 10.2 Å². The Labute approximate surface area is 192 Å². The lowest BCUT2D eigenvalue weighted by Gasteiger charge is -2.32. The molecule has 1 aliphatic heterocycles. The molecule has 5 nitrogen and oxygen atoms in total. The molecule has 158 valence electrons. The first-order valence-electron chi connectivity index (χ1n) is 10.2. The zero-order chi connectivity index (χ0) is 22.0. The summed E-state index contributed by atoms with van der Waals surface area (Å²) in [4.78, 5) is 12.4. The smallest absolute Gasteiger partial charge is 0.135 e. The molecule has 4 rings (SSSR count). The first-order valence-corrected chi connectivity index (χ1v) is 11.8. The van der Waals surface area contributed by atoms with Gasteiger partial charge in [0.1, 0.15) is 18.2 Å². The van der Waals surface area contributed by atoms with E-state index in [2.05, 4.69) is 45.3 Å². The van der Waals surface area contributed by atoms with Crippen LogP contribution in [0.5, 0.6) is 0 Å². The number of benzene rings is 2. The lowest BCUT2D eigenvalue weighted by atomic mass is 10.0. The molecule has 31 heavy (non-hydrogen) atoms. The highest BCUT2D eigenvalue weighted by atomic mass is 35.5. The van der Waals surface area contributed by atoms with Crippen molar-refractivity contribution in [1.82, 2.24) is 9.97 Å². The van der Waals surface area contributed by atoms with Crippen molar-refractivity contribution >= 4 is 34.9 Å². The quantitative estimate of drug-likeness (QED) is 0.499. The maximum absolute atomic E-state index is 9.61. The van der Waals surface area contributed by atoms with E-state index in [1.807, 2.05) is 37.4 Å². The van der Waals surface area contributed by atoms with Crippen LogP contribution in [0.3, 0.4) is 0 Å². The van der Waals surface area contributed by atoms with E-state index >= 15 is 0 Å². The third kappa shape index (κ3) is 4.48. The molecule has 0 fully saturated rings. The number of nitrogens with one attached hydrogen (secondary N) is 1. The second-order valence-electron chi connectivity index (χ2n) is 7.71. The van der Waals surface area contributed by atoms with E-state index in [9.17, 15) is 5.26 Å². The Morgan fingerprint density at radius 1 is 1.23 bits per heavy atom. The number of aryl methyl sites for hydroxylation is 1. The molecule has 2 heterocycles. The average molecular weight is 450 g/mol. The number of thioether (sulfide) groups is 1. The molecule has 1 atom stereocenters. The van der Waals surface area contributed by atoms with E-state index in [4.69, 9.17) is 11.6 Å². The van der Waals surface area contributed by atoms with E-state index in [0.29, 0.717) is 12.1 Å². The van der Waals surface area contributed by atoms with Crippen molar-refractivity contribution in [2.45, 2.75) is 37.8 Å². The summed E-state index contributed by atoms with van der Waals surface area (Å²) >= 11 is 7.91. The molecule has 0 radical (unpaired) electrons. The average Bonchev–Trinajstić information content (AvgIpc) is 2.79. The number of nitrogens with zero attached hydrogens (tertiary/aromatic N) is 4. The Kier molecular flexibility index (Phi) is 6.35. The molecule has 0 bridgehead atoms. The minimum atomic E-state index is 0.0617. The van der Waals surface area contributed by atoms with Gasteiger partial charge in [-0.2, -0.15) is 5.26 Å². The molecule has 1 N–H and O–H groups in total. The van der Waals surface area contributed by atoms with Gasteiger partial charge in [0.15, 0.2) is 0 Å². The van der Waals surface area contributed by atoms with Gasteiger partial charge in [-0.3, -0.25) is 0 Å². The summed E-state index contributed by atoms with van der Waals surface area (Å²) in [5.41, 5.74) is 6.05. The SMILES string of the molecule is CSc1cc([C@@H](C)Nc2ncnc3c2CN(c2ccc(C)cc2C#N)CC3)ccc1Cl. The van der Waals surface area contributed by atoms with Gasteiger partial charge >= 0.3 is 0 Å². The molecule has 0 aliphatic carbocycles. The number of rotatable bonds is 5. The molecule has 3 aromatic rings. The highest BCUT2D eigenvalue weighted by Gasteiger charge is 2.24. The predicted molar refractivity (Wildman–Crippen MR) is 128 cm³/mol. The summed E-state index contributed by atoms with van der Waals surface area (Å²) in [6.07, 6.45) is 4.47. The Balaban J connectivity index is 1.61. The molecule has 0 amide bonds. The highest BCUT2D eigenvalue weighted by Crippen LogP contribution is 2.33. The number of anilines is 2. The Bertz CT molecular complexity index is 1160. The van der Waals surface area contributed by atoms with Crippen LogP contribution in [0.2, 0.25) is 5.02 Å². The van der Waals surface area contributed by atoms with Crippen molar-refractivity contribution in [2.24, 2.45) is 0 Å². The van der Waals surface area contributed by atoms with Crippen molar-refractivity contribution in [3.8, 4) is 6.07 Å². The maximum atomic E-state index is 9.61. The first-order chi connectivity index (χ1) is 15.0. The zero-order valence-electron chi connectivity index (χ0n) is 17.8. The predicted octanol–water partition coefficient (Wildman–Crippen LogP) is 5.77. The van der Waals surface area contributed by atoms with Crippen molar-refractivity contribution in [3.05, 3.63) is 75.7 Å². The van der Waals surface area contributed by atoms with Crippen LogP contribution in [0, 0.1) is 18.3 Å². The summed E-state index contributed by atoms with van der Waals surface area (Å²) in [5, 5.41) is 13.9. The first kappa shape index (κ1) is 21.5. The summed E-state index contributed by atoms with van der Waals surface area (Å²) in [7, 11) is 0. The third-order valence-corrected chi connectivity index (χ3v) is 6.86. The second kappa shape index (κ2) is 9.17. The van der Waals surface area contributed by atoms with Crippen molar-refractivity contribution in [3.63, 3.8) is 0 Å². The van der Waals surface area contributed by atoms with Crippen molar-refractivity contribution in [1.29, 1.82) is 5.26 Å². The molecule has 0 spiro atoms. The van der Waals surface area contributed by atoms with Crippen LogP contribution in [-0.4, -0.2) is 22.8 Å². The van der Waals surface area contributed by atoms with Gasteiger partial charge in [-0.25, -0.2) is 9.97 Å². The monoisotopic (exact) mass is 449 g/mol. The molecule has 1 aliphatic rings. The number of fused-ring (bicyclic) bond motifs is 1. The number of aromatic nitrogens is 2. The summed E-state index contributed by atoms with van der Waals surface area (Å²) in [6.45, 7) is 5.62. The van der Waals surface area contributed by atoms with Crippen LogP contribution in [-0.2, 0) is 13.0 Å². The van der Waals surface area contributed by atoms with E-state index in [0.717, 1.165) is 56.8 Å². The van der Waals surface area contributed by atoms with Crippen LogP contribution in [0.4, 0.5) is 11.5 Å². The Morgan fingerprint density at radius 3 is 2.84 bits per heavy atom. The lowest BCUT2D eigenvalue weighted by Crippen LogP contribution is -2.32. The fourth-order valence-electron chi connectivity index (χ4n) is 3.92. The number of halogens is 1. The fourth-order valence-corrected chi connectivity index (χ4v) is 4.79. The van der Waals surface area contributed by atoms with Crippen molar-refractivity contribution in [2.75, 3.05) is 23.0 Å². The highest BCUT2D eigenvalue weighted by molar-refractivity contribution is 7.98. The van der Waals surface area contributed by atoms with E-state index < -0.39 is 0 Å². The molecule has 1 aromatic heterocycles. The molecular weight excluding hydrogens is 426 g/mol. The van der Waals surface area contributed by atoms with E-state index in [-0.39, 0.29) is 6.04 Å². The summed E-state index contributed by atoms with van der Waals surface area (Å²) in [5.74, 6) is 0.841. The van der Waals surface area contributed by atoms with Crippen LogP contribution >= 0.6 is 23.4 Å². The minimum absolute atomic E-state index is 0.0617. The summed E-state index contributed by atoms with van der Waals surface area (Å²) in [6, 6.07) is 14.5.